The molecule has 1 atom stereocenters. The first-order chi connectivity index (χ1) is 10.1. The van der Waals surface area contributed by atoms with Crippen LogP contribution in [0.25, 0.3) is 0 Å². The van der Waals surface area contributed by atoms with Gasteiger partial charge < -0.3 is 5.32 Å². The van der Waals surface area contributed by atoms with E-state index in [1.165, 1.54) is 5.56 Å². The van der Waals surface area contributed by atoms with Gasteiger partial charge in [-0.2, -0.15) is 0 Å². The number of halogens is 2. The Kier molecular flexibility index (Phi) is 5.83. The molecule has 0 aliphatic carbocycles. The topological polar surface area (TPSA) is 29.1 Å². The van der Waals surface area contributed by atoms with E-state index < -0.39 is 0 Å². The molecule has 2 rings (SSSR count). The lowest BCUT2D eigenvalue weighted by atomic mass is 9.98. The minimum atomic E-state index is -0.0844. The fourth-order valence-corrected chi connectivity index (χ4v) is 2.98. The van der Waals surface area contributed by atoms with Crippen molar-refractivity contribution in [2.24, 2.45) is 0 Å². The Hall–Kier alpha value is -1.32. The molecule has 2 aromatic carbocycles. The van der Waals surface area contributed by atoms with Crippen molar-refractivity contribution in [1.82, 2.24) is 5.32 Å². The van der Waals surface area contributed by atoms with E-state index in [4.69, 9.17) is 11.6 Å². The molecule has 4 heteroatoms. The lowest BCUT2D eigenvalue weighted by molar-refractivity contribution is 0.0952. The summed E-state index contributed by atoms with van der Waals surface area (Å²) in [6.07, 6.45) is 0.904. The largest absolute Gasteiger partial charge is 0.352 e. The summed E-state index contributed by atoms with van der Waals surface area (Å²) in [6, 6.07) is 15.5. The maximum absolute atomic E-state index is 12.1. The molecule has 110 valence electrons. The quantitative estimate of drug-likeness (QED) is 0.790. The van der Waals surface area contributed by atoms with Crippen molar-refractivity contribution < 1.29 is 4.79 Å². The van der Waals surface area contributed by atoms with E-state index in [2.05, 4.69) is 40.3 Å². The second-order valence-electron chi connectivity index (χ2n) is 4.98. The van der Waals surface area contributed by atoms with Crippen molar-refractivity contribution in [3.05, 3.63) is 69.2 Å². The zero-order chi connectivity index (χ0) is 15.2. The van der Waals surface area contributed by atoms with Crippen molar-refractivity contribution in [1.29, 1.82) is 0 Å². The average molecular weight is 367 g/mol. The zero-order valence-electron chi connectivity index (χ0n) is 11.8. The summed E-state index contributed by atoms with van der Waals surface area (Å²) in [5, 5.41) is 3.56. The molecule has 1 N–H and O–H groups in total. The van der Waals surface area contributed by atoms with Crippen LogP contribution in [0.4, 0.5) is 0 Å². The smallest absolute Gasteiger partial charge is 0.252 e. The first-order valence-corrected chi connectivity index (χ1v) is 8.03. The average Bonchev–Trinajstić information content (AvgIpc) is 2.47. The molecule has 0 aliphatic heterocycles. The molecule has 0 aromatic heterocycles. The Morgan fingerprint density at radius 2 is 1.95 bits per heavy atom. The monoisotopic (exact) mass is 365 g/mol. The number of amides is 1. The molecule has 2 nitrogen and oxygen atoms in total. The van der Waals surface area contributed by atoms with Crippen molar-refractivity contribution in [2.75, 3.05) is 6.54 Å². The molecule has 0 heterocycles. The molecule has 0 saturated carbocycles. The summed E-state index contributed by atoms with van der Waals surface area (Å²) in [5.41, 5.74) is 1.89. The molecule has 2 aromatic rings. The minimum Gasteiger partial charge on any atom is -0.352 e. The highest BCUT2D eigenvalue weighted by Gasteiger charge is 2.11. The maximum atomic E-state index is 12.1. The predicted molar refractivity (Wildman–Crippen MR) is 91.0 cm³/mol. The van der Waals surface area contributed by atoms with Crippen LogP contribution in [0.2, 0.25) is 5.02 Å². The van der Waals surface area contributed by atoms with E-state index in [0.717, 1.165) is 6.42 Å². The van der Waals surface area contributed by atoms with E-state index in [1.54, 1.807) is 18.2 Å². The fourth-order valence-electron chi connectivity index (χ4n) is 2.12. The summed E-state index contributed by atoms with van der Waals surface area (Å²) in [5.74, 6) is 0.332. The molecular weight excluding hydrogens is 350 g/mol. The highest BCUT2D eigenvalue weighted by Crippen LogP contribution is 2.22. The second kappa shape index (κ2) is 7.62. The normalized spacial score (nSPS) is 12.0. The van der Waals surface area contributed by atoms with Gasteiger partial charge in [0.2, 0.25) is 0 Å². The number of hydrogen-bond donors (Lipinski definition) is 1. The van der Waals surface area contributed by atoms with Gasteiger partial charge in [0.1, 0.15) is 0 Å². The van der Waals surface area contributed by atoms with Gasteiger partial charge in [0.15, 0.2) is 0 Å². The Bertz CT molecular complexity index is 615. The third-order valence-electron chi connectivity index (χ3n) is 3.41. The molecule has 1 unspecified atom stereocenters. The van der Waals surface area contributed by atoms with Crippen LogP contribution in [0.1, 0.15) is 35.2 Å². The lowest BCUT2D eigenvalue weighted by Crippen LogP contribution is -2.25. The van der Waals surface area contributed by atoms with Gasteiger partial charge >= 0.3 is 0 Å². The molecule has 0 spiro atoms. The van der Waals surface area contributed by atoms with Gasteiger partial charge in [0.05, 0.1) is 5.56 Å². The van der Waals surface area contributed by atoms with E-state index >= 15 is 0 Å². The van der Waals surface area contributed by atoms with E-state index in [-0.39, 0.29) is 5.91 Å². The van der Waals surface area contributed by atoms with Crippen LogP contribution in [0.5, 0.6) is 0 Å². The van der Waals surface area contributed by atoms with E-state index in [1.807, 2.05) is 18.2 Å². The van der Waals surface area contributed by atoms with Gasteiger partial charge in [-0.25, -0.2) is 0 Å². The molecule has 21 heavy (non-hydrogen) atoms. The standard InChI is InChI=1S/C17H17BrClNO/c1-12(13-5-3-2-4-6-13)9-10-20-17(21)15-8-7-14(19)11-16(15)18/h2-8,11-12H,9-10H2,1H3,(H,20,21). The summed E-state index contributed by atoms with van der Waals surface area (Å²) >= 11 is 9.23. The van der Waals surface area contributed by atoms with E-state index in [0.29, 0.717) is 27.5 Å². The molecular formula is C17H17BrClNO. The van der Waals surface area contributed by atoms with Gasteiger partial charge in [-0.05, 0) is 52.0 Å². The van der Waals surface area contributed by atoms with Gasteiger partial charge in [0, 0.05) is 16.0 Å². The van der Waals surface area contributed by atoms with Crippen molar-refractivity contribution >= 4 is 33.4 Å². The Morgan fingerprint density at radius 3 is 2.62 bits per heavy atom. The molecule has 0 radical (unpaired) electrons. The number of benzene rings is 2. The van der Waals surface area contributed by atoms with Gasteiger partial charge in [-0.3, -0.25) is 4.79 Å². The minimum absolute atomic E-state index is 0.0844. The molecule has 0 aliphatic rings. The highest BCUT2D eigenvalue weighted by atomic mass is 79.9. The van der Waals surface area contributed by atoms with Crippen molar-refractivity contribution in [3.8, 4) is 0 Å². The Balaban J connectivity index is 1.87. The SMILES string of the molecule is CC(CCNC(=O)c1ccc(Cl)cc1Br)c1ccccc1. The number of hydrogen-bond acceptors (Lipinski definition) is 1. The first kappa shape index (κ1) is 16.1. The number of carbonyl (C=O) groups is 1. The Labute approximate surface area is 138 Å². The van der Waals surface area contributed by atoms with E-state index in [9.17, 15) is 4.79 Å². The van der Waals surface area contributed by atoms with Gasteiger partial charge in [0.25, 0.3) is 5.91 Å². The van der Waals surface area contributed by atoms with Crippen LogP contribution in [-0.4, -0.2) is 12.5 Å². The predicted octanol–water partition coefficient (Wildman–Crippen LogP) is 5.03. The van der Waals surface area contributed by atoms with Crippen LogP contribution in [-0.2, 0) is 0 Å². The lowest BCUT2D eigenvalue weighted by Gasteiger charge is -2.13. The van der Waals surface area contributed by atoms with Crippen LogP contribution in [0.3, 0.4) is 0 Å². The number of rotatable bonds is 5. The first-order valence-electron chi connectivity index (χ1n) is 6.86. The van der Waals surface area contributed by atoms with Gasteiger partial charge in [-0.15, -0.1) is 0 Å². The summed E-state index contributed by atoms with van der Waals surface area (Å²) in [4.78, 5) is 12.1. The molecule has 0 bridgehead atoms. The Morgan fingerprint density at radius 1 is 1.24 bits per heavy atom. The second-order valence-corrected chi connectivity index (χ2v) is 6.27. The summed E-state index contributed by atoms with van der Waals surface area (Å²) in [7, 11) is 0. The van der Waals surface area contributed by atoms with Crippen LogP contribution in [0.15, 0.2) is 53.0 Å². The third-order valence-corrected chi connectivity index (χ3v) is 4.30. The van der Waals surface area contributed by atoms with Crippen LogP contribution >= 0.6 is 27.5 Å². The van der Waals surface area contributed by atoms with Crippen molar-refractivity contribution in [3.63, 3.8) is 0 Å². The summed E-state index contributed by atoms with van der Waals surface area (Å²) < 4.78 is 0.712. The van der Waals surface area contributed by atoms with Crippen LogP contribution < -0.4 is 5.32 Å². The number of nitrogens with one attached hydrogen (secondary N) is 1. The fraction of sp³-hybridized carbons (Fsp3) is 0.235. The number of carbonyl (C=O) groups excluding carboxylic acids is 1. The van der Waals surface area contributed by atoms with Crippen molar-refractivity contribution in [2.45, 2.75) is 19.3 Å². The van der Waals surface area contributed by atoms with Gasteiger partial charge in [-0.1, -0.05) is 48.9 Å². The zero-order valence-corrected chi connectivity index (χ0v) is 14.1. The maximum Gasteiger partial charge on any atom is 0.252 e. The molecule has 0 fully saturated rings. The molecule has 0 saturated heterocycles. The molecule has 1 amide bonds. The highest BCUT2D eigenvalue weighted by molar-refractivity contribution is 9.10. The summed E-state index contributed by atoms with van der Waals surface area (Å²) in [6.45, 7) is 2.81. The third kappa shape index (κ3) is 4.58. The van der Waals surface area contributed by atoms with Crippen LogP contribution in [0, 0.1) is 0 Å².